The summed E-state index contributed by atoms with van der Waals surface area (Å²) in [6.07, 6.45) is 1.03. The fourth-order valence-corrected chi connectivity index (χ4v) is 4.80. The van der Waals surface area contributed by atoms with E-state index in [1.54, 1.807) is 11.3 Å². The van der Waals surface area contributed by atoms with E-state index in [-0.39, 0.29) is 18.1 Å². The number of thiophene rings is 1. The van der Waals surface area contributed by atoms with Crippen molar-refractivity contribution < 1.29 is 9.53 Å². The summed E-state index contributed by atoms with van der Waals surface area (Å²) < 4.78 is 5.79. The third-order valence-corrected chi connectivity index (χ3v) is 6.46. The van der Waals surface area contributed by atoms with Crippen LogP contribution in [0.1, 0.15) is 36.0 Å². The molecule has 0 radical (unpaired) electrons. The number of pyridine rings is 1. The molecule has 0 saturated carbocycles. The molecule has 1 amide bonds. The Labute approximate surface area is 174 Å². The molecule has 0 spiro atoms. The van der Waals surface area contributed by atoms with Crippen molar-refractivity contribution in [2.45, 2.75) is 39.4 Å². The Morgan fingerprint density at radius 2 is 1.96 bits per heavy atom. The van der Waals surface area contributed by atoms with E-state index in [0.717, 1.165) is 27.9 Å². The maximum absolute atomic E-state index is 13.5. The Morgan fingerprint density at radius 3 is 2.64 bits per heavy atom. The molecule has 6 heteroatoms. The van der Waals surface area contributed by atoms with Crippen LogP contribution in [0.2, 0.25) is 5.02 Å². The molecule has 2 atom stereocenters. The van der Waals surface area contributed by atoms with Crippen LogP contribution in [0.15, 0.2) is 36.4 Å². The molecule has 0 bridgehead atoms. The number of halogens is 1. The standard InChI is InChI=1S/C22H23ClN2O2S/c1-4-16-6-8-21(28-16)20-10-18(17-9-15(23)5-7-19(17)24-20)22(26)25-11-13(2)27-14(3)12-25/h5-10,13-14H,4,11-12H2,1-3H3. The van der Waals surface area contributed by atoms with Crippen molar-refractivity contribution in [2.24, 2.45) is 0 Å². The number of aryl methyl sites for hydroxylation is 1. The van der Waals surface area contributed by atoms with Crippen molar-refractivity contribution >= 4 is 39.7 Å². The molecule has 2 unspecified atom stereocenters. The first kappa shape index (κ1) is 19.4. The van der Waals surface area contributed by atoms with Gasteiger partial charge in [-0.3, -0.25) is 4.79 Å². The first-order valence-corrected chi connectivity index (χ1v) is 10.8. The summed E-state index contributed by atoms with van der Waals surface area (Å²) in [7, 11) is 0. The third-order valence-electron chi connectivity index (χ3n) is 4.97. The minimum Gasteiger partial charge on any atom is -0.372 e. The predicted octanol–water partition coefficient (Wildman–Crippen LogP) is 5.43. The lowest BCUT2D eigenvalue weighted by Gasteiger charge is -2.35. The zero-order chi connectivity index (χ0) is 19.8. The smallest absolute Gasteiger partial charge is 0.254 e. The molecule has 1 saturated heterocycles. The molecule has 146 valence electrons. The number of nitrogens with zero attached hydrogens (tertiary/aromatic N) is 2. The molecule has 1 aliphatic heterocycles. The van der Waals surface area contributed by atoms with Gasteiger partial charge in [0.25, 0.3) is 5.91 Å². The van der Waals surface area contributed by atoms with Gasteiger partial charge in [-0.05, 0) is 56.7 Å². The maximum atomic E-state index is 13.5. The van der Waals surface area contributed by atoms with Crippen LogP contribution in [0.4, 0.5) is 0 Å². The number of morpholine rings is 1. The molecular formula is C22H23ClN2O2S. The van der Waals surface area contributed by atoms with E-state index in [1.807, 2.05) is 43.0 Å². The van der Waals surface area contributed by atoms with Crippen LogP contribution >= 0.6 is 22.9 Å². The van der Waals surface area contributed by atoms with Crippen LogP contribution in [0.3, 0.4) is 0 Å². The number of fused-ring (bicyclic) bond motifs is 1. The summed E-state index contributed by atoms with van der Waals surface area (Å²) >= 11 is 7.96. The van der Waals surface area contributed by atoms with E-state index in [0.29, 0.717) is 23.7 Å². The lowest BCUT2D eigenvalue weighted by atomic mass is 10.0. The minimum atomic E-state index is 0.00480. The largest absolute Gasteiger partial charge is 0.372 e. The van der Waals surface area contributed by atoms with Crippen molar-refractivity contribution in [3.05, 3.63) is 51.9 Å². The quantitative estimate of drug-likeness (QED) is 0.574. The number of aromatic nitrogens is 1. The summed E-state index contributed by atoms with van der Waals surface area (Å²) in [4.78, 5) is 22.5. The Bertz CT molecular complexity index is 1020. The second-order valence-corrected chi connectivity index (χ2v) is 8.91. The van der Waals surface area contributed by atoms with E-state index < -0.39 is 0 Å². The number of amides is 1. The Balaban J connectivity index is 1.82. The molecule has 1 aromatic carbocycles. The second-order valence-electron chi connectivity index (χ2n) is 7.30. The molecule has 1 aliphatic rings. The van der Waals surface area contributed by atoms with Crippen LogP contribution in [0.5, 0.6) is 0 Å². The first-order chi connectivity index (χ1) is 13.4. The van der Waals surface area contributed by atoms with E-state index in [2.05, 4.69) is 19.1 Å². The minimum absolute atomic E-state index is 0.00480. The Kier molecular flexibility index (Phi) is 5.41. The fraction of sp³-hybridized carbons (Fsp3) is 0.364. The van der Waals surface area contributed by atoms with Gasteiger partial charge in [-0.1, -0.05) is 18.5 Å². The van der Waals surface area contributed by atoms with Gasteiger partial charge >= 0.3 is 0 Å². The van der Waals surface area contributed by atoms with Gasteiger partial charge in [0.1, 0.15) is 0 Å². The molecule has 0 aliphatic carbocycles. The highest BCUT2D eigenvalue weighted by molar-refractivity contribution is 7.15. The van der Waals surface area contributed by atoms with Crippen molar-refractivity contribution in [3.63, 3.8) is 0 Å². The monoisotopic (exact) mass is 414 g/mol. The van der Waals surface area contributed by atoms with Crippen LogP contribution in [-0.2, 0) is 11.2 Å². The summed E-state index contributed by atoms with van der Waals surface area (Å²) in [6.45, 7) is 7.31. The van der Waals surface area contributed by atoms with E-state index in [4.69, 9.17) is 21.3 Å². The number of carbonyl (C=O) groups excluding carboxylic acids is 1. The van der Waals surface area contributed by atoms with Crippen LogP contribution in [-0.4, -0.2) is 41.1 Å². The lowest BCUT2D eigenvalue weighted by Crippen LogP contribution is -2.48. The van der Waals surface area contributed by atoms with Gasteiger partial charge in [0.15, 0.2) is 0 Å². The molecule has 1 fully saturated rings. The lowest BCUT2D eigenvalue weighted by molar-refractivity contribution is -0.0585. The SMILES string of the molecule is CCc1ccc(-c2cc(C(=O)N3CC(C)OC(C)C3)c3cc(Cl)ccc3n2)s1. The topological polar surface area (TPSA) is 42.4 Å². The zero-order valence-corrected chi connectivity index (χ0v) is 17.8. The number of hydrogen-bond donors (Lipinski definition) is 0. The van der Waals surface area contributed by atoms with Crippen molar-refractivity contribution in [3.8, 4) is 10.6 Å². The second kappa shape index (κ2) is 7.82. The van der Waals surface area contributed by atoms with Crippen LogP contribution in [0.25, 0.3) is 21.5 Å². The number of hydrogen-bond acceptors (Lipinski definition) is 4. The number of carbonyl (C=O) groups is 1. The average Bonchev–Trinajstić information content (AvgIpc) is 3.15. The zero-order valence-electron chi connectivity index (χ0n) is 16.2. The molecule has 28 heavy (non-hydrogen) atoms. The summed E-state index contributed by atoms with van der Waals surface area (Å²) in [5.41, 5.74) is 2.26. The highest BCUT2D eigenvalue weighted by Crippen LogP contribution is 2.32. The maximum Gasteiger partial charge on any atom is 0.254 e. The molecular weight excluding hydrogens is 392 g/mol. The van der Waals surface area contributed by atoms with Crippen molar-refractivity contribution in [1.82, 2.24) is 9.88 Å². The third kappa shape index (κ3) is 3.79. The first-order valence-electron chi connectivity index (χ1n) is 9.58. The molecule has 3 heterocycles. The number of rotatable bonds is 3. The molecule has 4 nitrogen and oxygen atoms in total. The summed E-state index contributed by atoms with van der Waals surface area (Å²) in [6, 6.07) is 11.7. The van der Waals surface area contributed by atoms with Gasteiger partial charge in [-0.25, -0.2) is 4.98 Å². The van der Waals surface area contributed by atoms with Crippen molar-refractivity contribution in [2.75, 3.05) is 13.1 Å². The molecule has 0 N–H and O–H groups in total. The normalized spacial score (nSPS) is 19.9. The van der Waals surface area contributed by atoms with Crippen LogP contribution in [0, 0.1) is 0 Å². The van der Waals surface area contributed by atoms with Crippen LogP contribution < -0.4 is 0 Å². The molecule has 2 aromatic heterocycles. The Hall–Kier alpha value is -1.95. The number of benzene rings is 1. The van der Waals surface area contributed by atoms with Crippen molar-refractivity contribution in [1.29, 1.82) is 0 Å². The fourth-order valence-electron chi connectivity index (χ4n) is 3.72. The van der Waals surface area contributed by atoms with Gasteiger partial charge in [0.05, 0.1) is 33.9 Å². The predicted molar refractivity (Wildman–Crippen MR) is 115 cm³/mol. The van der Waals surface area contributed by atoms with Gasteiger partial charge in [0.2, 0.25) is 0 Å². The van der Waals surface area contributed by atoms with E-state index in [9.17, 15) is 4.79 Å². The number of ether oxygens (including phenoxy) is 1. The highest BCUT2D eigenvalue weighted by Gasteiger charge is 2.28. The summed E-state index contributed by atoms with van der Waals surface area (Å²) in [5.74, 6) is 0.00480. The summed E-state index contributed by atoms with van der Waals surface area (Å²) in [5, 5.41) is 1.39. The molecule has 3 aromatic rings. The van der Waals surface area contributed by atoms with Gasteiger partial charge in [0, 0.05) is 28.4 Å². The van der Waals surface area contributed by atoms with E-state index >= 15 is 0 Å². The Morgan fingerprint density at radius 1 is 1.21 bits per heavy atom. The van der Waals surface area contributed by atoms with Gasteiger partial charge < -0.3 is 9.64 Å². The molecule has 4 rings (SSSR count). The highest BCUT2D eigenvalue weighted by atomic mass is 35.5. The average molecular weight is 415 g/mol. The van der Waals surface area contributed by atoms with Gasteiger partial charge in [-0.15, -0.1) is 11.3 Å². The van der Waals surface area contributed by atoms with E-state index in [1.165, 1.54) is 4.88 Å². The van der Waals surface area contributed by atoms with Gasteiger partial charge in [-0.2, -0.15) is 0 Å².